The number of aromatic nitrogens is 1. The number of para-hydroxylation sites is 2. The number of carbonyl (C=O) groups is 1. The number of ether oxygens (including phenoxy) is 1. The summed E-state index contributed by atoms with van der Waals surface area (Å²) >= 11 is 0. The standard InChI is InChI=1S/C24H33N3O2/c1-17-15-20(18(2)27(17)22-11-4-5-12-23(22)29-3)24(28)25-16-19-9-8-14-26-13-7-6-10-21(19)26/h4-5,11-12,15,19,21H,6-10,13-14,16H2,1-3H3,(H,25,28)/t19-,21+/m0/s1. The Hall–Kier alpha value is -2.27. The number of piperidine rings is 2. The molecule has 2 fully saturated rings. The van der Waals surface area contributed by atoms with Crippen LogP contribution in [-0.2, 0) is 0 Å². The zero-order chi connectivity index (χ0) is 20.4. The molecule has 2 aliphatic rings. The van der Waals surface area contributed by atoms with Gasteiger partial charge >= 0.3 is 0 Å². The average Bonchev–Trinajstić information content (AvgIpc) is 3.05. The highest BCUT2D eigenvalue weighted by Crippen LogP contribution is 2.31. The van der Waals surface area contributed by atoms with Gasteiger partial charge in [-0.2, -0.15) is 0 Å². The Kier molecular flexibility index (Phi) is 5.95. The number of hydrogen-bond donors (Lipinski definition) is 1. The van der Waals surface area contributed by atoms with Crippen LogP contribution in [0.15, 0.2) is 30.3 Å². The van der Waals surface area contributed by atoms with Gasteiger partial charge in [-0.3, -0.25) is 4.79 Å². The zero-order valence-electron chi connectivity index (χ0n) is 17.9. The normalized spacial score (nSPS) is 22.2. The van der Waals surface area contributed by atoms with Crippen LogP contribution < -0.4 is 10.1 Å². The van der Waals surface area contributed by atoms with Gasteiger partial charge in [0, 0.05) is 24.0 Å². The summed E-state index contributed by atoms with van der Waals surface area (Å²) in [6.07, 6.45) is 6.40. The Morgan fingerprint density at radius 3 is 2.76 bits per heavy atom. The van der Waals surface area contributed by atoms with Gasteiger partial charge in [0.2, 0.25) is 0 Å². The van der Waals surface area contributed by atoms with E-state index in [1.165, 1.54) is 45.2 Å². The summed E-state index contributed by atoms with van der Waals surface area (Å²) in [5.41, 5.74) is 3.71. The minimum atomic E-state index is 0.0344. The fourth-order valence-corrected chi connectivity index (χ4v) is 5.31. The van der Waals surface area contributed by atoms with Crippen molar-refractivity contribution in [3.8, 4) is 11.4 Å². The van der Waals surface area contributed by atoms with Gasteiger partial charge < -0.3 is 19.5 Å². The lowest BCUT2D eigenvalue weighted by Crippen LogP contribution is -2.51. The van der Waals surface area contributed by atoms with Gasteiger partial charge in [0.25, 0.3) is 5.91 Å². The zero-order valence-corrected chi connectivity index (χ0v) is 17.9. The highest BCUT2D eigenvalue weighted by atomic mass is 16.5. The van der Waals surface area contributed by atoms with Gasteiger partial charge in [0.1, 0.15) is 5.75 Å². The van der Waals surface area contributed by atoms with Crippen molar-refractivity contribution in [1.82, 2.24) is 14.8 Å². The maximum atomic E-state index is 13.1. The Labute approximate surface area is 174 Å². The molecule has 29 heavy (non-hydrogen) atoms. The SMILES string of the molecule is COc1ccccc1-n1c(C)cc(C(=O)NC[C@@H]2CCCN3CCCC[C@H]23)c1C. The number of hydrogen-bond acceptors (Lipinski definition) is 3. The lowest BCUT2D eigenvalue weighted by molar-refractivity contribution is 0.0575. The maximum absolute atomic E-state index is 13.1. The monoisotopic (exact) mass is 395 g/mol. The van der Waals surface area contributed by atoms with Crippen molar-refractivity contribution in [1.29, 1.82) is 0 Å². The second kappa shape index (κ2) is 8.62. The third kappa shape index (κ3) is 3.93. The fraction of sp³-hybridized carbons (Fsp3) is 0.542. The number of methoxy groups -OCH3 is 1. The molecule has 4 rings (SSSR count). The van der Waals surface area contributed by atoms with Crippen LogP contribution in [0.25, 0.3) is 5.69 Å². The molecule has 5 heteroatoms. The molecule has 3 heterocycles. The van der Waals surface area contributed by atoms with E-state index in [0.29, 0.717) is 12.0 Å². The minimum absolute atomic E-state index is 0.0344. The number of aryl methyl sites for hydroxylation is 1. The molecule has 1 aromatic heterocycles. The van der Waals surface area contributed by atoms with Crippen molar-refractivity contribution < 1.29 is 9.53 Å². The molecule has 2 saturated heterocycles. The van der Waals surface area contributed by atoms with Crippen LogP contribution in [0, 0.1) is 19.8 Å². The van der Waals surface area contributed by atoms with Gasteiger partial charge in [0.05, 0.1) is 18.4 Å². The van der Waals surface area contributed by atoms with Gasteiger partial charge in [0.15, 0.2) is 0 Å². The molecule has 1 amide bonds. The summed E-state index contributed by atoms with van der Waals surface area (Å²) in [6, 6.07) is 10.6. The lowest BCUT2D eigenvalue weighted by Gasteiger charge is -2.44. The molecule has 0 aliphatic carbocycles. The van der Waals surface area contributed by atoms with Crippen molar-refractivity contribution in [3.63, 3.8) is 0 Å². The summed E-state index contributed by atoms with van der Waals surface area (Å²) in [5.74, 6) is 1.42. The molecule has 1 N–H and O–H groups in total. The molecular weight excluding hydrogens is 362 g/mol. The average molecular weight is 396 g/mol. The quantitative estimate of drug-likeness (QED) is 0.829. The summed E-state index contributed by atoms with van der Waals surface area (Å²) in [4.78, 5) is 15.7. The van der Waals surface area contributed by atoms with E-state index < -0.39 is 0 Å². The Morgan fingerprint density at radius 1 is 1.14 bits per heavy atom. The van der Waals surface area contributed by atoms with E-state index in [1.807, 2.05) is 44.2 Å². The number of fused-ring (bicyclic) bond motifs is 1. The first kappa shape index (κ1) is 20.0. The van der Waals surface area contributed by atoms with Crippen molar-refractivity contribution in [2.75, 3.05) is 26.7 Å². The first-order chi connectivity index (χ1) is 14.1. The fourth-order valence-electron chi connectivity index (χ4n) is 5.31. The first-order valence-electron chi connectivity index (χ1n) is 10.9. The maximum Gasteiger partial charge on any atom is 0.253 e. The Morgan fingerprint density at radius 2 is 1.93 bits per heavy atom. The number of rotatable bonds is 5. The number of nitrogens with zero attached hydrogens (tertiary/aromatic N) is 2. The smallest absolute Gasteiger partial charge is 0.253 e. The molecule has 0 radical (unpaired) electrons. The summed E-state index contributed by atoms with van der Waals surface area (Å²) in [7, 11) is 1.68. The molecule has 5 nitrogen and oxygen atoms in total. The van der Waals surface area contributed by atoms with E-state index in [4.69, 9.17) is 4.74 Å². The van der Waals surface area contributed by atoms with Gasteiger partial charge in [-0.05, 0) is 76.7 Å². The summed E-state index contributed by atoms with van der Waals surface area (Å²) < 4.78 is 7.64. The van der Waals surface area contributed by atoms with Crippen molar-refractivity contribution in [2.45, 2.75) is 52.0 Å². The molecule has 2 aromatic rings. The van der Waals surface area contributed by atoms with E-state index in [2.05, 4.69) is 14.8 Å². The number of benzene rings is 1. The predicted octanol–water partition coefficient (Wildman–Crippen LogP) is 4.10. The molecule has 2 aliphatic heterocycles. The summed E-state index contributed by atoms with van der Waals surface area (Å²) in [5, 5.41) is 3.25. The molecular formula is C24H33N3O2. The molecule has 0 unspecified atom stereocenters. The lowest BCUT2D eigenvalue weighted by atomic mass is 9.83. The molecule has 0 bridgehead atoms. The van der Waals surface area contributed by atoms with Crippen LogP contribution >= 0.6 is 0 Å². The summed E-state index contributed by atoms with van der Waals surface area (Å²) in [6.45, 7) is 7.29. The number of carbonyl (C=O) groups excluding carboxylic acids is 1. The highest BCUT2D eigenvalue weighted by Gasteiger charge is 2.33. The topological polar surface area (TPSA) is 46.5 Å². The van der Waals surface area contributed by atoms with E-state index in [1.54, 1.807) is 7.11 Å². The van der Waals surface area contributed by atoms with E-state index in [-0.39, 0.29) is 5.91 Å². The number of amides is 1. The second-order valence-electron chi connectivity index (χ2n) is 8.50. The molecule has 2 atom stereocenters. The van der Waals surface area contributed by atoms with Crippen LogP contribution in [0.2, 0.25) is 0 Å². The van der Waals surface area contributed by atoms with Gasteiger partial charge in [-0.15, -0.1) is 0 Å². The van der Waals surface area contributed by atoms with Crippen LogP contribution in [0.3, 0.4) is 0 Å². The van der Waals surface area contributed by atoms with Crippen molar-refractivity contribution >= 4 is 5.91 Å². The molecule has 1 aromatic carbocycles. The van der Waals surface area contributed by atoms with E-state index >= 15 is 0 Å². The Balaban J connectivity index is 1.50. The predicted molar refractivity (Wildman–Crippen MR) is 116 cm³/mol. The Bertz CT molecular complexity index is 871. The van der Waals surface area contributed by atoms with Crippen LogP contribution in [0.1, 0.15) is 53.8 Å². The van der Waals surface area contributed by atoms with Crippen LogP contribution in [0.4, 0.5) is 0 Å². The van der Waals surface area contributed by atoms with Crippen molar-refractivity contribution in [3.05, 3.63) is 47.3 Å². The molecule has 0 saturated carbocycles. The van der Waals surface area contributed by atoms with Gasteiger partial charge in [-0.25, -0.2) is 0 Å². The van der Waals surface area contributed by atoms with Crippen molar-refractivity contribution in [2.24, 2.45) is 5.92 Å². The minimum Gasteiger partial charge on any atom is -0.495 e. The second-order valence-corrected chi connectivity index (χ2v) is 8.50. The third-order valence-electron chi connectivity index (χ3n) is 6.76. The van der Waals surface area contributed by atoms with E-state index in [0.717, 1.165) is 34.9 Å². The highest BCUT2D eigenvalue weighted by molar-refractivity contribution is 5.96. The molecule has 156 valence electrons. The van der Waals surface area contributed by atoms with Crippen LogP contribution in [-0.4, -0.2) is 48.2 Å². The first-order valence-corrected chi connectivity index (χ1v) is 10.9. The largest absolute Gasteiger partial charge is 0.495 e. The van der Waals surface area contributed by atoms with Crippen LogP contribution in [0.5, 0.6) is 5.75 Å². The van der Waals surface area contributed by atoms with Gasteiger partial charge in [-0.1, -0.05) is 18.6 Å². The molecule has 0 spiro atoms. The van der Waals surface area contributed by atoms with E-state index in [9.17, 15) is 4.79 Å². The number of nitrogens with one attached hydrogen (secondary N) is 1. The third-order valence-corrected chi connectivity index (χ3v) is 6.76.